The fourth-order valence-electron chi connectivity index (χ4n) is 2.61. The van der Waals surface area contributed by atoms with Gasteiger partial charge in [-0.15, -0.1) is 0 Å². The number of aromatic nitrogens is 1. The van der Waals surface area contributed by atoms with Crippen molar-refractivity contribution in [1.29, 1.82) is 0 Å². The molecule has 10 heteroatoms. The third-order valence-corrected chi connectivity index (χ3v) is 4.20. The summed E-state index contributed by atoms with van der Waals surface area (Å²) in [6.07, 6.45) is -3.44. The fourth-order valence-corrected chi connectivity index (χ4v) is 2.61. The average molecular weight is 435 g/mol. The van der Waals surface area contributed by atoms with E-state index in [4.69, 9.17) is 9.47 Å². The molecule has 0 fully saturated rings. The third-order valence-electron chi connectivity index (χ3n) is 4.20. The maximum Gasteiger partial charge on any atom is 0.416 e. The Hall–Kier alpha value is -3.82. The molecule has 31 heavy (non-hydrogen) atoms. The van der Waals surface area contributed by atoms with Gasteiger partial charge in [0.1, 0.15) is 5.82 Å². The molecule has 3 rings (SSSR count). The number of amides is 1. The molecule has 2 aromatic carbocycles. The maximum atomic E-state index is 14.0. The monoisotopic (exact) mass is 435 g/mol. The van der Waals surface area contributed by atoms with Gasteiger partial charge in [0.2, 0.25) is 5.88 Å². The van der Waals surface area contributed by atoms with E-state index in [1.165, 1.54) is 25.4 Å². The Balaban J connectivity index is 1.70. The lowest BCUT2D eigenvalue weighted by molar-refractivity contribution is -0.137. The Morgan fingerprint density at radius 2 is 1.74 bits per heavy atom. The average Bonchev–Trinajstić information content (AvgIpc) is 2.74. The van der Waals surface area contributed by atoms with Gasteiger partial charge in [0.05, 0.1) is 30.1 Å². The molecule has 0 bridgehead atoms. The van der Waals surface area contributed by atoms with Crippen molar-refractivity contribution in [2.45, 2.75) is 6.18 Å². The summed E-state index contributed by atoms with van der Waals surface area (Å²) in [6, 6.07) is 9.82. The van der Waals surface area contributed by atoms with Crippen LogP contribution in [0.2, 0.25) is 0 Å². The number of ether oxygens (including phenoxy) is 2. The van der Waals surface area contributed by atoms with Gasteiger partial charge in [0, 0.05) is 24.9 Å². The molecule has 0 saturated heterocycles. The predicted octanol–water partition coefficient (Wildman–Crippen LogP) is 5.33. The van der Waals surface area contributed by atoms with Gasteiger partial charge in [-0.2, -0.15) is 13.2 Å². The number of pyridine rings is 1. The van der Waals surface area contributed by atoms with Gasteiger partial charge in [-0.3, -0.25) is 4.79 Å². The minimum absolute atomic E-state index is 0.203. The van der Waals surface area contributed by atoms with Gasteiger partial charge in [-0.05, 0) is 36.4 Å². The number of nitrogens with one attached hydrogen (secondary N) is 2. The summed E-state index contributed by atoms with van der Waals surface area (Å²) < 4.78 is 62.8. The zero-order chi connectivity index (χ0) is 22.6. The second kappa shape index (κ2) is 8.90. The van der Waals surface area contributed by atoms with Gasteiger partial charge in [-0.25, -0.2) is 9.37 Å². The molecule has 0 radical (unpaired) electrons. The first-order valence-corrected chi connectivity index (χ1v) is 8.89. The van der Waals surface area contributed by atoms with E-state index >= 15 is 0 Å². The van der Waals surface area contributed by atoms with Crippen molar-refractivity contribution in [3.8, 4) is 17.4 Å². The van der Waals surface area contributed by atoms with Crippen LogP contribution in [-0.2, 0) is 6.18 Å². The number of carbonyl (C=O) groups excluding carboxylic acids is 1. The number of hydrogen-bond donors (Lipinski definition) is 2. The Morgan fingerprint density at radius 1 is 1.00 bits per heavy atom. The molecule has 0 atom stereocenters. The lowest BCUT2D eigenvalue weighted by atomic mass is 10.1. The van der Waals surface area contributed by atoms with Crippen molar-refractivity contribution in [3.05, 3.63) is 71.7 Å². The smallest absolute Gasteiger partial charge is 0.416 e. The van der Waals surface area contributed by atoms with Gasteiger partial charge in [-0.1, -0.05) is 0 Å². The van der Waals surface area contributed by atoms with Crippen LogP contribution < -0.4 is 20.1 Å². The highest BCUT2D eigenvalue weighted by molar-refractivity contribution is 6.04. The third kappa shape index (κ3) is 5.21. The Morgan fingerprint density at radius 3 is 2.32 bits per heavy atom. The SMILES string of the molecule is CNc1ccc(Oc2ccc(NC(=O)c3ccc(C(F)(F)F)cc3F)cn2)c(OC)c1. The second-order valence-corrected chi connectivity index (χ2v) is 6.25. The van der Waals surface area contributed by atoms with Crippen molar-refractivity contribution in [3.63, 3.8) is 0 Å². The minimum atomic E-state index is -4.70. The molecule has 6 nitrogen and oxygen atoms in total. The van der Waals surface area contributed by atoms with Crippen molar-refractivity contribution in [2.75, 3.05) is 24.8 Å². The number of nitrogens with zero attached hydrogens (tertiary/aromatic N) is 1. The highest BCUT2D eigenvalue weighted by Gasteiger charge is 2.31. The molecule has 1 heterocycles. The van der Waals surface area contributed by atoms with Gasteiger partial charge in [0.25, 0.3) is 5.91 Å². The number of methoxy groups -OCH3 is 1. The Kier molecular flexibility index (Phi) is 6.28. The largest absolute Gasteiger partial charge is 0.493 e. The lowest BCUT2D eigenvalue weighted by Gasteiger charge is -2.12. The number of hydrogen-bond acceptors (Lipinski definition) is 5. The van der Waals surface area contributed by atoms with E-state index in [0.29, 0.717) is 17.6 Å². The standard InChI is InChI=1S/C21H17F4N3O3/c1-26-13-4-7-17(18(10-13)30-2)31-19-8-5-14(11-27-19)28-20(29)15-6-3-12(9-16(15)22)21(23,24)25/h3-11,26H,1-2H3,(H,28,29). The van der Waals surface area contributed by atoms with Crippen LogP contribution in [0.25, 0.3) is 0 Å². The van der Waals surface area contributed by atoms with E-state index in [0.717, 1.165) is 11.8 Å². The predicted molar refractivity (Wildman–Crippen MR) is 106 cm³/mol. The van der Waals surface area contributed by atoms with Crippen LogP contribution in [-0.4, -0.2) is 25.0 Å². The normalized spacial score (nSPS) is 11.0. The summed E-state index contributed by atoms with van der Waals surface area (Å²) in [5.41, 5.74) is -0.676. The van der Waals surface area contributed by atoms with E-state index in [1.807, 2.05) is 0 Å². The summed E-state index contributed by atoms with van der Waals surface area (Å²) in [7, 11) is 3.26. The molecule has 0 unspecified atom stereocenters. The highest BCUT2D eigenvalue weighted by Crippen LogP contribution is 2.33. The molecule has 0 saturated carbocycles. The molecular weight excluding hydrogens is 418 g/mol. The molecule has 3 aromatic rings. The zero-order valence-corrected chi connectivity index (χ0v) is 16.4. The molecular formula is C21H17F4N3O3. The molecule has 162 valence electrons. The molecule has 0 aliphatic carbocycles. The first kappa shape index (κ1) is 21.9. The van der Waals surface area contributed by atoms with Crippen LogP contribution in [0.1, 0.15) is 15.9 Å². The quantitative estimate of drug-likeness (QED) is 0.512. The number of benzene rings is 2. The molecule has 0 aliphatic rings. The molecule has 0 spiro atoms. The van der Waals surface area contributed by atoms with E-state index in [2.05, 4.69) is 15.6 Å². The summed E-state index contributed by atoms with van der Waals surface area (Å²) in [5, 5.41) is 5.35. The number of carbonyl (C=O) groups is 1. The van der Waals surface area contributed by atoms with E-state index in [1.54, 1.807) is 25.2 Å². The molecule has 0 aliphatic heterocycles. The lowest BCUT2D eigenvalue weighted by Crippen LogP contribution is -2.15. The maximum absolute atomic E-state index is 14.0. The van der Waals surface area contributed by atoms with Crippen molar-refractivity contribution in [1.82, 2.24) is 4.98 Å². The Labute approximate surface area is 174 Å². The number of alkyl halides is 3. The Bertz CT molecular complexity index is 1090. The highest BCUT2D eigenvalue weighted by atomic mass is 19.4. The number of halogens is 4. The number of anilines is 2. The van der Waals surface area contributed by atoms with E-state index in [-0.39, 0.29) is 17.6 Å². The topological polar surface area (TPSA) is 72.5 Å². The van der Waals surface area contributed by atoms with Crippen molar-refractivity contribution in [2.24, 2.45) is 0 Å². The van der Waals surface area contributed by atoms with Crippen LogP contribution in [0, 0.1) is 5.82 Å². The summed E-state index contributed by atoms with van der Waals surface area (Å²) >= 11 is 0. The van der Waals surface area contributed by atoms with Crippen LogP contribution >= 0.6 is 0 Å². The number of rotatable bonds is 6. The minimum Gasteiger partial charge on any atom is -0.493 e. The van der Waals surface area contributed by atoms with Crippen LogP contribution in [0.5, 0.6) is 17.4 Å². The van der Waals surface area contributed by atoms with Gasteiger partial charge >= 0.3 is 6.18 Å². The van der Waals surface area contributed by atoms with E-state index < -0.39 is 29.0 Å². The van der Waals surface area contributed by atoms with Crippen molar-refractivity contribution < 1.29 is 31.8 Å². The first-order valence-electron chi connectivity index (χ1n) is 8.89. The van der Waals surface area contributed by atoms with Gasteiger partial charge in [0.15, 0.2) is 11.5 Å². The first-order chi connectivity index (χ1) is 14.7. The van der Waals surface area contributed by atoms with E-state index in [9.17, 15) is 22.4 Å². The van der Waals surface area contributed by atoms with Gasteiger partial charge < -0.3 is 20.1 Å². The summed E-state index contributed by atoms with van der Waals surface area (Å²) in [5.74, 6) is -1.10. The van der Waals surface area contributed by atoms with Crippen LogP contribution in [0.15, 0.2) is 54.7 Å². The molecule has 1 amide bonds. The van der Waals surface area contributed by atoms with Crippen LogP contribution in [0.3, 0.4) is 0 Å². The fraction of sp³-hybridized carbons (Fsp3) is 0.143. The molecule has 1 aromatic heterocycles. The van der Waals surface area contributed by atoms with Crippen molar-refractivity contribution >= 4 is 17.3 Å². The second-order valence-electron chi connectivity index (χ2n) is 6.25. The zero-order valence-electron chi connectivity index (χ0n) is 16.4. The summed E-state index contributed by atoms with van der Waals surface area (Å²) in [4.78, 5) is 16.3. The summed E-state index contributed by atoms with van der Waals surface area (Å²) in [6.45, 7) is 0. The molecule has 2 N–H and O–H groups in total. The van der Waals surface area contributed by atoms with Crippen LogP contribution in [0.4, 0.5) is 28.9 Å².